The SMILES string of the molecule is CCCn1nc(C)c2c(C(=O)Nc3cnn(Cc4cn(C)nc4C)c3)cc(-c3cnn(C)c3C)nc21. The van der Waals surface area contributed by atoms with E-state index in [2.05, 4.69) is 32.6 Å². The molecule has 0 saturated heterocycles. The molecule has 186 valence electrons. The normalized spacial score (nSPS) is 11.5. The van der Waals surface area contributed by atoms with Crippen molar-refractivity contribution in [3.63, 3.8) is 0 Å². The Hall–Kier alpha value is -4.28. The molecular formula is C25H30N10O. The summed E-state index contributed by atoms with van der Waals surface area (Å²) >= 11 is 0. The second-order valence-corrected chi connectivity index (χ2v) is 9.12. The van der Waals surface area contributed by atoms with E-state index in [0.717, 1.165) is 40.0 Å². The summed E-state index contributed by atoms with van der Waals surface area (Å²) in [7, 11) is 3.79. The summed E-state index contributed by atoms with van der Waals surface area (Å²) in [4.78, 5) is 18.5. The molecule has 0 aliphatic heterocycles. The van der Waals surface area contributed by atoms with Crippen molar-refractivity contribution in [2.24, 2.45) is 14.1 Å². The minimum atomic E-state index is -0.235. The third kappa shape index (κ3) is 4.16. The van der Waals surface area contributed by atoms with Crippen molar-refractivity contribution in [2.45, 2.75) is 47.2 Å². The van der Waals surface area contributed by atoms with Gasteiger partial charge in [0.25, 0.3) is 5.91 Å². The van der Waals surface area contributed by atoms with Gasteiger partial charge in [-0.25, -0.2) is 9.67 Å². The number of nitrogens with zero attached hydrogens (tertiary/aromatic N) is 9. The first-order chi connectivity index (χ1) is 17.2. The minimum Gasteiger partial charge on any atom is -0.319 e. The maximum Gasteiger partial charge on any atom is 0.256 e. The Morgan fingerprint density at radius 3 is 2.50 bits per heavy atom. The molecule has 0 spiro atoms. The van der Waals surface area contributed by atoms with E-state index in [9.17, 15) is 4.79 Å². The van der Waals surface area contributed by atoms with Crippen molar-refractivity contribution in [1.82, 2.24) is 44.1 Å². The van der Waals surface area contributed by atoms with Crippen LogP contribution in [0.15, 0.2) is 30.9 Å². The maximum absolute atomic E-state index is 13.6. The number of fused-ring (bicyclic) bond motifs is 1. The number of anilines is 1. The topological polar surface area (TPSA) is 113 Å². The molecule has 0 bridgehead atoms. The van der Waals surface area contributed by atoms with E-state index < -0.39 is 0 Å². The molecular weight excluding hydrogens is 456 g/mol. The van der Waals surface area contributed by atoms with Crippen LogP contribution in [-0.2, 0) is 27.2 Å². The van der Waals surface area contributed by atoms with Gasteiger partial charge in [0.15, 0.2) is 5.65 Å². The molecule has 0 atom stereocenters. The maximum atomic E-state index is 13.6. The molecule has 0 fully saturated rings. The summed E-state index contributed by atoms with van der Waals surface area (Å²) in [5.41, 5.74) is 7.18. The van der Waals surface area contributed by atoms with Crippen LogP contribution in [0.1, 0.15) is 46.3 Å². The van der Waals surface area contributed by atoms with Crippen molar-refractivity contribution in [3.8, 4) is 11.3 Å². The van der Waals surface area contributed by atoms with Crippen LogP contribution in [0, 0.1) is 20.8 Å². The smallest absolute Gasteiger partial charge is 0.256 e. The summed E-state index contributed by atoms with van der Waals surface area (Å²) < 4.78 is 7.25. The Balaban J connectivity index is 1.51. The third-order valence-electron chi connectivity index (χ3n) is 6.41. The number of pyridine rings is 1. The van der Waals surface area contributed by atoms with Crippen LogP contribution >= 0.6 is 0 Å². The largest absolute Gasteiger partial charge is 0.319 e. The average molecular weight is 487 g/mol. The number of amides is 1. The number of carbonyl (C=O) groups is 1. The lowest BCUT2D eigenvalue weighted by Gasteiger charge is -2.09. The van der Waals surface area contributed by atoms with E-state index >= 15 is 0 Å². The van der Waals surface area contributed by atoms with Gasteiger partial charge in [-0.3, -0.25) is 18.8 Å². The lowest BCUT2D eigenvalue weighted by Crippen LogP contribution is -2.13. The number of nitrogens with one attached hydrogen (secondary N) is 1. The van der Waals surface area contributed by atoms with Gasteiger partial charge in [-0.05, 0) is 33.3 Å². The fourth-order valence-corrected chi connectivity index (χ4v) is 4.48. The molecule has 0 aromatic carbocycles. The first-order valence-electron chi connectivity index (χ1n) is 11.9. The van der Waals surface area contributed by atoms with Crippen LogP contribution in [0.25, 0.3) is 22.3 Å². The lowest BCUT2D eigenvalue weighted by atomic mass is 10.1. The Kier molecular flexibility index (Phi) is 5.91. The van der Waals surface area contributed by atoms with Gasteiger partial charge in [0.2, 0.25) is 0 Å². The van der Waals surface area contributed by atoms with Gasteiger partial charge in [-0.1, -0.05) is 6.92 Å². The number of hydrogen-bond acceptors (Lipinski definition) is 6. The average Bonchev–Trinajstić information content (AvgIpc) is 3.58. The van der Waals surface area contributed by atoms with Crippen molar-refractivity contribution in [2.75, 3.05) is 5.32 Å². The van der Waals surface area contributed by atoms with Crippen molar-refractivity contribution < 1.29 is 4.79 Å². The van der Waals surface area contributed by atoms with Gasteiger partial charge in [0.1, 0.15) is 0 Å². The second kappa shape index (κ2) is 9.06. The van der Waals surface area contributed by atoms with Crippen LogP contribution in [0.2, 0.25) is 0 Å². The number of aromatic nitrogens is 9. The fraction of sp³-hybridized carbons (Fsp3) is 0.360. The highest BCUT2D eigenvalue weighted by atomic mass is 16.1. The number of hydrogen-bond donors (Lipinski definition) is 1. The van der Waals surface area contributed by atoms with E-state index in [1.807, 2.05) is 58.0 Å². The molecule has 0 saturated carbocycles. The predicted molar refractivity (Wildman–Crippen MR) is 137 cm³/mol. The molecule has 0 aliphatic rings. The zero-order valence-corrected chi connectivity index (χ0v) is 21.4. The van der Waals surface area contributed by atoms with Crippen LogP contribution in [0.4, 0.5) is 5.69 Å². The quantitative estimate of drug-likeness (QED) is 0.377. The van der Waals surface area contributed by atoms with Crippen molar-refractivity contribution in [1.29, 1.82) is 0 Å². The van der Waals surface area contributed by atoms with E-state index in [1.165, 1.54) is 0 Å². The third-order valence-corrected chi connectivity index (χ3v) is 6.41. The Morgan fingerprint density at radius 1 is 1.03 bits per heavy atom. The molecule has 11 nitrogen and oxygen atoms in total. The second-order valence-electron chi connectivity index (χ2n) is 9.12. The van der Waals surface area contributed by atoms with E-state index in [0.29, 0.717) is 35.7 Å². The standard InChI is InChI=1S/C25H30N10O/c1-7-8-35-24-23(16(3)31-35)20(9-22(29-24)21-11-26-33(6)17(21)4)25(36)28-19-10-27-34(14-19)13-18-12-32(5)30-15(18)2/h9-12,14H,7-8,13H2,1-6H3,(H,28,36). The molecule has 5 aromatic heterocycles. The molecule has 5 heterocycles. The summed E-state index contributed by atoms with van der Waals surface area (Å²) in [6, 6.07) is 1.83. The van der Waals surface area contributed by atoms with Gasteiger partial charge < -0.3 is 5.32 Å². The van der Waals surface area contributed by atoms with E-state index in [-0.39, 0.29) is 5.91 Å². The summed E-state index contributed by atoms with van der Waals surface area (Å²) in [5.74, 6) is -0.235. The predicted octanol–water partition coefficient (Wildman–Crippen LogP) is 3.40. The lowest BCUT2D eigenvalue weighted by molar-refractivity contribution is 0.102. The van der Waals surface area contributed by atoms with Gasteiger partial charge in [0.05, 0.1) is 52.7 Å². The van der Waals surface area contributed by atoms with Crippen LogP contribution in [0.5, 0.6) is 0 Å². The van der Waals surface area contributed by atoms with Crippen molar-refractivity contribution >= 4 is 22.6 Å². The molecule has 5 aromatic rings. The van der Waals surface area contributed by atoms with Gasteiger partial charge in [-0.15, -0.1) is 0 Å². The zero-order valence-electron chi connectivity index (χ0n) is 21.4. The molecule has 1 N–H and O–H groups in total. The zero-order chi connectivity index (χ0) is 25.6. The number of rotatable bonds is 7. The molecule has 5 rings (SSSR count). The Morgan fingerprint density at radius 2 is 1.83 bits per heavy atom. The number of carbonyl (C=O) groups excluding carboxylic acids is 1. The summed E-state index contributed by atoms with van der Waals surface area (Å²) in [6.07, 6.45) is 8.14. The summed E-state index contributed by atoms with van der Waals surface area (Å²) in [5, 5.41) is 21.6. The van der Waals surface area contributed by atoms with E-state index in [4.69, 9.17) is 4.98 Å². The van der Waals surface area contributed by atoms with E-state index in [1.54, 1.807) is 26.4 Å². The van der Waals surface area contributed by atoms with Gasteiger partial charge >= 0.3 is 0 Å². The Bertz CT molecular complexity index is 1580. The van der Waals surface area contributed by atoms with Gasteiger partial charge in [-0.2, -0.15) is 20.4 Å². The van der Waals surface area contributed by atoms with Crippen LogP contribution in [0.3, 0.4) is 0 Å². The molecule has 0 radical (unpaired) electrons. The monoisotopic (exact) mass is 486 g/mol. The number of aryl methyl sites for hydroxylation is 5. The van der Waals surface area contributed by atoms with Gasteiger partial charge in [0, 0.05) is 49.9 Å². The summed E-state index contributed by atoms with van der Waals surface area (Å²) in [6.45, 7) is 9.25. The van der Waals surface area contributed by atoms with Crippen LogP contribution < -0.4 is 5.32 Å². The minimum absolute atomic E-state index is 0.235. The highest BCUT2D eigenvalue weighted by molar-refractivity contribution is 6.13. The molecule has 36 heavy (non-hydrogen) atoms. The fourth-order valence-electron chi connectivity index (χ4n) is 4.48. The first kappa shape index (κ1) is 23.5. The highest BCUT2D eigenvalue weighted by Crippen LogP contribution is 2.29. The molecule has 1 amide bonds. The molecule has 11 heteroatoms. The van der Waals surface area contributed by atoms with Crippen molar-refractivity contribution in [3.05, 3.63) is 59.1 Å². The van der Waals surface area contributed by atoms with Crippen LogP contribution in [-0.4, -0.2) is 50.0 Å². The molecule has 0 unspecified atom stereocenters. The Labute approximate surface area is 208 Å². The first-order valence-corrected chi connectivity index (χ1v) is 11.9. The molecule has 0 aliphatic carbocycles. The highest BCUT2D eigenvalue weighted by Gasteiger charge is 2.22.